The zero-order chi connectivity index (χ0) is 13.7. The molecule has 1 aromatic carbocycles. The molecular formula is C14H10FNO3. The molecule has 0 bridgehead atoms. The van der Waals surface area contributed by atoms with E-state index in [1.54, 1.807) is 18.2 Å². The molecule has 19 heavy (non-hydrogen) atoms. The SMILES string of the molecule is O=C(O)/C=C/c1cccnc1Oc1cccc(F)c1. The fourth-order valence-electron chi connectivity index (χ4n) is 1.42. The van der Waals surface area contributed by atoms with Gasteiger partial charge in [-0.3, -0.25) is 0 Å². The molecule has 0 spiro atoms. The van der Waals surface area contributed by atoms with Crippen molar-refractivity contribution in [2.75, 3.05) is 0 Å². The van der Waals surface area contributed by atoms with Crippen molar-refractivity contribution in [3.63, 3.8) is 0 Å². The van der Waals surface area contributed by atoms with Crippen LogP contribution in [0.1, 0.15) is 5.56 Å². The smallest absolute Gasteiger partial charge is 0.328 e. The van der Waals surface area contributed by atoms with Gasteiger partial charge in [-0.1, -0.05) is 6.07 Å². The van der Waals surface area contributed by atoms with E-state index in [4.69, 9.17) is 9.84 Å². The first-order chi connectivity index (χ1) is 9.15. The van der Waals surface area contributed by atoms with Crippen molar-refractivity contribution in [3.05, 3.63) is 60.1 Å². The predicted octanol–water partition coefficient (Wildman–Crippen LogP) is 3.11. The molecule has 0 aliphatic carbocycles. The van der Waals surface area contributed by atoms with E-state index in [-0.39, 0.29) is 5.88 Å². The average molecular weight is 259 g/mol. The van der Waals surface area contributed by atoms with Crippen molar-refractivity contribution >= 4 is 12.0 Å². The summed E-state index contributed by atoms with van der Waals surface area (Å²) in [6.07, 6.45) is 3.85. The molecule has 0 aliphatic heterocycles. The van der Waals surface area contributed by atoms with Crippen LogP contribution in [0.3, 0.4) is 0 Å². The lowest BCUT2D eigenvalue weighted by atomic mass is 10.2. The van der Waals surface area contributed by atoms with E-state index in [1.165, 1.54) is 30.5 Å². The Morgan fingerprint density at radius 2 is 2.16 bits per heavy atom. The molecule has 1 heterocycles. The third-order valence-electron chi connectivity index (χ3n) is 2.22. The van der Waals surface area contributed by atoms with Gasteiger partial charge < -0.3 is 9.84 Å². The third kappa shape index (κ3) is 3.64. The lowest BCUT2D eigenvalue weighted by molar-refractivity contribution is -0.131. The predicted molar refractivity (Wildman–Crippen MR) is 67.4 cm³/mol. The quantitative estimate of drug-likeness (QED) is 0.857. The Morgan fingerprint density at radius 3 is 2.89 bits per heavy atom. The number of nitrogens with zero attached hydrogens (tertiary/aromatic N) is 1. The summed E-state index contributed by atoms with van der Waals surface area (Å²) in [5.41, 5.74) is 0.495. The van der Waals surface area contributed by atoms with Gasteiger partial charge in [0.05, 0.1) is 0 Å². The van der Waals surface area contributed by atoms with Crippen LogP contribution in [0.4, 0.5) is 4.39 Å². The highest BCUT2D eigenvalue weighted by atomic mass is 19.1. The van der Waals surface area contributed by atoms with E-state index in [9.17, 15) is 9.18 Å². The first-order valence-electron chi connectivity index (χ1n) is 5.44. The lowest BCUT2D eigenvalue weighted by Gasteiger charge is -2.07. The van der Waals surface area contributed by atoms with Crippen LogP contribution in [0.5, 0.6) is 11.6 Å². The van der Waals surface area contributed by atoms with Crippen molar-refractivity contribution in [2.24, 2.45) is 0 Å². The van der Waals surface area contributed by atoms with Crippen molar-refractivity contribution < 1.29 is 19.0 Å². The molecule has 96 valence electrons. The Balaban J connectivity index is 2.27. The van der Waals surface area contributed by atoms with Crippen LogP contribution in [-0.2, 0) is 4.79 Å². The summed E-state index contributed by atoms with van der Waals surface area (Å²) >= 11 is 0. The van der Waals surface area contributed by atoms with Gasteiger partial charge in [-0.25, -0.2) is 14.2 Å². The standard InChI is InChI=1S/C14H10FNO3/c15-11-4-1-5-12(9-11)19-14-10(3-2-8-16-14)6-7-13(17)18/h1-9H,(H,17,18)/b7-6+. The van der Waals surface area contributed by atoms with Gasteiger partial charge in [0.2, 0.25) is 5.88 Å². The molecule has 0 fully saturated rings. The first-order valence-corrected chi connectivity index (χ1v) is 5.44. The fraction of sp³-hybridized carbons (Fsp3) is 0. The molecular weight excluding hydrogens is 249 g/mol. The number of halogens is 1. The Hall–Kier alpha value is -2.69. The minimum Gasteiger partial charge on any atom is -0.478 e. The number of pyridine rings is 1. The maximum Gasteiger partial charge on any atom is 0.328 e. The van der Waals surface area contributed by atoms with Gasteiger partial charge in [-0.2, -0.15) is 0 Å². The molecule has 5 heteroatoms. The minimum atomic E-state index is -1.07. The largest absolute Gasteiger partial charge is 0.478 e. The van der Waals surface area contributed by atoms with Crippen LogP contribution in [0.15, 0.2) is 48.7 Å². The zero-order valence-electron chi connectivity index (χ0n) is 9.79. The second-order valence-corrected chi connectivity index (χ2v) is 3.63. The molecule has 0 saturated heterocycles. The van der Waals surface area contributed by atoms with Gasteiger partial charge in [-0.15, -0.1) is 0 Å². The second kappa shape index (κ2) is 5.77. The topological polar surface area (TPSA) is 59.4 Å². The summed E-state index contributed by atoms with van der Waals surface area (Å²) < 4.78 is 18.5. The van der Waals surface area contributed by atoms with Crippen LogP contribution >= 0.6 is 0 Å². The number of rotatable bonds is 4. The third-order valence-corrected chi connectivity index (χ3v) is 2.22. The Kier molecular flexibility index (Phi) is 3.87. The van der Waals surface area contributed by atoms with E-state index >= 15 is 0 Å². The molecule has 1 N–H and O–H groups in total. The van der Waals surface area contributed by atoms with E-state index in [1.807, 2.05) is 0 Å². The molecule has 2 rings (SSSR count). The number of carboxylic acid groups (broad SMARTS) is 1. The Morgan fingerprint density at radius 1 is 1.32 bits per heavy atom. The van der Waals surface area contributed by atoms with Gasteiger partial charge in [0.15, 0.2) is 0 Å². The van der Waals surface area contributed by atoms with E-state index in [0.29, 0.717) is 11.3 Å². The van der Waals surface area contributed by atoms with E-state index < -0.39 is 11.8 Å². The average Bonchev–Trinajstić information content (AvgIpc) is 2.38. The zero-order valence-corrected chi connectivity index (χ0v) is 9.79. The maximum atomic E-state index is 13.0. The van der Waals surface area contributed by atoms with Crippen molar-refractivity contribution in [1.29, 1.82) is 0 Å². The van der Waals surface area contributed by atoms with E-state index in [0.717, 1.165) is 6.08 Å². The number of hydrogen-bond acceptors (Lipinski definition) is 3. The number of carbonyl (C=O) groups is 1. The normalized spacial score (nSPS) is 10.6. The van der Waals surface area contributed by atoms with Crippen molar-refractivity contribution in [2.45, 2.75) is 0 Å². The molecule has 0 unspecified atom stereocenters. The van der Waals surface area contributed by atoms with Gasteiger partial charge >= 0.3 is 5.97 Å². The summed E-state index contributed by atoms with van der Waals surface area (Å²) in [7, 11) is 0. The first kappa shape index (κ1) is 12.8. The summed E-state index contributed by atoms with van der Waals surface area (Å²) in [6, 6.07) is 8.93. The van der Waals surface area contributed by atoms with Gasteiger partial charge in [0, 0.05) is 23.9 Å². The number of benzene rings is 1. The fourth-order valence-corrected chi connectivity index (χ4v) is 1.42. The molecule has 0 saturated carbocycles. The number of carboxylic acids is 1. The number of ether oxygens (including phenoxy) is 1. The van der Waals surface area contributed by atoms with Crippen molar-refractivity contribution in [3.8, 4) is 11.6 Å². The molecule has 0 atom stereocenters. The molecule has 0 amide bonds. The number of aromatic nitrogens is 1. The molecule has 4 nitrogen and oxygen atoms in total. The van der Waals surface area contributed by atoms with Gasteiger partial charge in [-0.05, 0) is 30.3 Å². The maximum absolute atomic E-state index is 13.0. The molecule has 1 aromatic heterocycles. The van der Waals surface area contributed by atoms with Crippen LogP contribution in [0.25, 0.3) is 6.08 Å². The van der Waals surface area contributed by atoms with Gasteiger partial charge in [0.25, 0.3) is 0 Å². The highest BCUT2D eigenvalue weighted by Gasteiger charge is 2.04. The summed E-state index contributed by atoms with van der Waals surface area (Å²) in [4.78, 5) is 14.5. The van der Waals surface area contributed by atoms with Crippen molar-refractivity contribution in [1.82, 2.24) is 4.98 Å². The summed E-state index contributed by atoms with van der Waals surface area (Å²) in [5.74, 6) is -0.981. The Bertz CT molecular complexity index is 626. The molecule has 0 aliphatic rings. The second-order valence-electron chi connectivity index (χ2n) is 3.63. The minimum absolute atomic E-state index is 0.214. The molecule has 2 aromatic rings. The number of hydrogen-bond donors (Lipinski definition) is 1. The molecule has 0 radical (unpaired) electrons. The lowest BCUT2D eigenvalue weighted by Crippen LogP contribution is -1.92. The van der Waals surface area contributed by atoms with E-state index in [2.05, 4.69) is 4.98 Å². The van der Waals surface area contributed by atoms with Crippen LogP contribution in [0, 0.1) is 5.82 Å². The monoisotopic (exact) mass is 259 g/mol. The summed E-state index contributed by atoms with van der Waals surface area (Å²) in [6.45, 7) is 0. The van der Waals surface area contributed by atoms with Crippen LogP contribution in [-0.4, -0.2) is 16.1 Å². The summed E-state index contributed by atoms with van der Waals surface area (Å²) in [5, 5.41) is 8.59. The van der Waals surface area contributed by atoms with Gasteiger partial charge in [0.1, 0.15) is 11.6 Å². The Labute approximate surface area is 108 Å². The highest BCUT2D eigenvalue weighted by molar-refractivity contribution is 5.85. The number of aliphatic carboxylic acids is 1. The highest BCUT2D eigenvalue weighted by Crippen LogP contribution is 2.24. The van der Waals surface area contributed by atoms with Crippen LogP contribution < -0.4 is 4.74 Å². The van der Waals surface area contributed by atoms with Crippen LogP contribution in [0.2, 0.25) is 0 Å².